The maximum absolute atomic E-state index is 12.4. The van der Waals surface area contributed by atoms with E-state index in [1.807, 2.05) is 0 Å². The van der Waals surface area contributed by atoms with Gasteiger partial charge < -0.3 is 10.1 Å². The predicted octanol–water partition coefficient (Wildman–Crippen LogP) is 1.63. The fourth-order valence-electron chi connectivity index (χ4n) is 1.92. The van der Waals surface area contributed by atoms with Crippen LogP contribution >= 0.6 is 0 Å². The number of nitrogens with one attached hydrogen (secondary N) is 1. The Hall–Kier alpha value is -1.89. The van der Waals surface area contributed by atoms with Crippen LogP contribution in [0.25, 0.3) is 0 Å². The van der Waals surface area contributed by atoms with Crippen LogP contribution in [0.1, 0.15) is 12.5 Å². The van der Waals surface area contributed by atoms with E-state index in [2.05, 4.69) is 0 Å². The van der Waals surface area contributed by atoms with Crippen molar-refractivity contribution in [2.24, 2.45) is 0 Å². The summed E-state index contributed by atoms with van der Waals surface area (Å²) in [5.74, 6) is -2.68. The van der Waals surface area contributed by atoms with Crippen molar-refractivity contribution in [1.82, 2.24) is 5.32 Å². The van der Waals surface area contributed by atoms with Crippen molar-refractivity contribution in [3.8, 4) is 0 Å². The number of Topliss-reactive ketones (excluding diaryl/α,β-unsaturated/α-hetero) is 1. The van der Waals surface area contributed by atoms with Gasteiger partial charge in [-0.25, -0.2) is 0 Å². The highest BCUT2D eigenvalue weighted by atomic mass is 19.4. The molecule has 1 heterocycles. The van der Waals surface area contributed by atoms with E-state index in [-0.39, 0.29) is 13.0 Å². The van der Waals surface area contributed by atoms with Crippen LogP contribution in [0.5, 0.6) is 0 Å². The third-order valence-corrected chi connectivity index (χ3v) is 3.26. The second-order valence-electron chi connectivity index (χ2n) is 5.10. The Labute approximate surface area is 119 Å². The summed E-state index contributed by atoms with van der Waals surface area (Å²) in [7, 11) is 0. The van der Waals surface area contributed by atoms with E-state index in [1.54, 1.807) is 35.6 Å². The summed E-state index contributed by atoms with van der Waals surface area (Å²) in [4.78, 5) is 23.3. The highest BCUT2D eigenvalue weighted by molar-refractivity contribution is 5.97. The molecule has 7 heteroatoms. The number of amides is 1. The number of hydrogen-bond acceptors (Lipinski definition) is 3. The van der Waals surface area contributed by atoms with Crippen LogP contribution in [-0.2, 0) is 20.7 Å². The summed E-state index contributed by atoms with van der Waals surface area (Å²) in [5, 5.41) is 1.76. The van der Waals surface area contributed by atoms with Gasteiger partial charge in [0.1, 0.15) is 5.60 Å². The molecule has 0 saturated carbocycles. The highest BCUT2D eigenvalue weighted by Gasteiger charge is 2.51. The first-order valence-electron chi connectivity index (χ1n) is 6.32. The number of ketones is 1. The monoisotopic (exact) mass is 301 g/mol. The Balaban J connectivity index is 2.14. The fourth-order valence-corrected chi connectivity index (χ4v) is 1.92. The number of carbonyl (C=O) groups excluding carboxylic acids is 2. The molecule has 21 heavy (non-hydrogen) atoms. The largest absolute Gasteiger partial charge is 0.471 e. The lowest BCUT2D eigenvalue weighted by Gasteiger charge is -2.20. The average Bonchev–Trinajstić information content (AvgIpc) is 3.16. The van der Waals surface area contributed by atoms with Crippen molar-refractivity contribution < 1.29 is 27.5 Å². The van der Waals surface area contributed by atoms with E-state index >= 15 is 0 Å². The van der Waals surface area contributed by atoms with Gasteiger partial charge in [0, 0.05) is 0 Å². The molecule has 0 aromatic heterocycles. The Kier molecular flexibility index (Phi) is 4.04. The molecule has 4 nitrogen and oxygen atoms in total. The van der Waals surface area contributed by atoms with Gasteiger partial charge in [0.15, 0.2) is 5.78 Å². The third kappa shape index (κ3) is 3.81. The Morgan fingerprint density at radius 1 is 1.33 bits per heavy atom. The number of halogens is 3. The van der Waals surface area contributed by atoms with Crippen molar-refractivity contribution in [1.29, 1.82) is 0 Å². The average molecular weight is 301 g/mol. The Morgan fingerprint density at radius 2 is 1.90 bits per heavy atom. The molecular weight excluding hydrogens is 287 g/mol. The zero-order valence-corrected chi connectivity index (χ0v) is 11.2. The summed E-state index contributed by atoms with van der Waals surface area (Å²) in [5.41, 5.74) is -0.444. The van der Waals surface area contributed by atoms with Gasteiger partial charge in [0.25, 0.3) is 0 Å². The molecule has 1 N–H and O–H groups in total. The SMILES string of the molecule is C[C@]1(C(=O)[C@H](Cc2ccccc2)NC(=O)C(F)(F)F)CO1. The van der Waals surface area contributed by atoms with Gasteiger partial charge >= 0.3 is 12.1 Å². The highest BCUT2D eigenvalue weighted by Crippen LogP contribution is 2.29. The molecule has 0 spiro atoms. The van der Waals surface area contributed by atoms with Gasteiger partial charge in [-0.15, -0.1) is 0 Å². The van der Waals surface area contributed by atoms with Crippen molar-refractivity contribution in [2.75, 3.05) is 6.61 Å². The molecule has 0 radical (unpaired) electrons. The summed E-state index contributed by atoms with van der Waals surface area (Å²) >= 11 is 0. The molecule has 1 aromatic carbocycles. The van der Waals surface area contributed by atoms with Gasteiger partial charge in [0.05, 0.1) is 12.6 Å². The zero-order chi connectivity index (χ0) is 15.7. The smallest absolute Gasteiger partial charge is 0.361 e. The maximum Gasteiger partial charge on any atom is 0.471 e. The van der Waals surface area contributed by atoms with E-state index < -0.39 is 29.5 Å². The minimum atomic E-state index is -5.03. The summed E-state index contributed by atoms with van der Waals surface area (Å²) in [6.07, 6.45) is -5.04. The van der Waals surface area contributed by atoms with E-state index in [0.29, 0.717) is 5.56 Å². The van der Waals surface area contributed by atoms with Crippen LogP contribution in [0.3, 0.4) is 0 Å². The standard InChI is InChI=1S/C14H14F3NO3/c1-13(8-21-13)11(19)10(18-12(20)14(15,16)17)7-9-5-3-2-4-6-9/h2-6,10H,7-8H2,1H3,(H,18,20)/t10-,13+/m0/s1. The minimum Gasteiger partial charge on any atom is -0.361 e. The van der Waals surface area contributed by atoms with E-state index in [1.165, 1.54) is 6.92 Å². The first kappa shape index (κ1) is 15.5. The molecule has 0 unspecified atom stereocenters. The van der Waals surface area contributed by atoms with Crippen molar-refractivity contribution >= 4 is 11.7 Å². The molecule has 1 saturated heterocycles. The normalized spacial score (nSPS) is 22.5. The molecule has 1 aliphatic rings. The summed E-state index contributed by atoms with van der Waals surface area (Å²) < 4.78 is 42.1. The number of hydrogen-bond donors (Lipinski definition) is 1. The zero-order valence-electron chi connectivity index (χ0n) is 11.2. The predicted molar refractivity (Wildman–Crippen MR) is 67.5 cm³/mol. The molecule has 0 bridgehead atoms. The quantitative estimate of drug-likeness (QED) is 0.841. The van der Waals surface area contributed by atoms with Crippen molar-refractivity contribution in [3.63, 3.8) is 0 Å². The number of carbonyl (C=O) groups is 2. The summed E-state index contributed by atoms with van der Waals surface area (Å²) in [6.45, 7) is 1.64. The number of ether oxygens (including phenoxy) is 1. The van der Waals surface area contributed by atoms with Gasteiger partial charge in [-0.1, -0.05) is 30.3 Å². The van der Waals surface area contributed by atoms with E-state index in [4.69, 9.17) is 4.74 Å². The van der Waals surface area contributed by atoms with Crippen LogP contribution < -0.4 is 5.32 Å². The van der Waals surface area contributed by atoms with Gasteiger partial charge in [-0.3, -0.25) is 9.59 Å². The number of epoxide rings is 1. The molecule has 2 rings (SSSR count). The first-order valence-corrected chi connectivity index (χ1v) is 6.32. The number of rotatable bonds is 5. The molecule has 1 amide bonds. The lowest BCUT2D eigenvalue weighted by molar-refractivity contribution is -0.174. The first-order chi connectivity index (χ1) is 9.72. The molecule has 2 atom stereocenters. The van der Waals surface area contributed by atoms with Crippen LogP contribution in [0.4, 0.5) is 13.2 Å². The van der Waals surface area contributed by atoms with Crippen molar-refractivity contribution in [3.05, 3.63) is 35.9 Å². The van der Waals surface area contributed by atoms with Gasteiger partial charge in [-0.2, -0.15) is 13.2 Å². The van der Waals surface area contributed by atoms with Crippen LogP contribution in [-0.4, -0.2) is 36.1 Å². The molecule has 1 aliphatic heterocycles. The molecule has 1 fully saturated rings. The topological polar surface area (TPSA) is 58.7 Å². The van der Waals surface area contributed by atoms with E-state index in [0.717, 1.165) is 0 Å². The van der Waals surface area contributed by atoms with Crippen molar-refractivity contribution in [2.45, 2.75) is 31.2 Å². The Morgan fingerprint density at radius 3 is 2.38 bits per heavy atom. The van der Waals surface area contributed by atoms with Gasteiger partial charge in [0.2, 0.25) is 0 Å². The maximum atomic E-state index is 12.4. The lowest BCUT2D eigenvalue weighted by atomic mass is 9.95. The summed E-state index contributed by atoms with van der Waals surface area (Å²) in [6, 6.07) is 7.25. The lowest BCUT2D eigenvalue weighted by Crippen LogP contribution is -2.51. The van der Waals surface area contributed by atoms with Crippen LogP contribution in [0, 0.1) is 0 Å². The Bertz CT molecular complexity index is 538. The van der Waals surface area contributed by atoms with Crippen LogP contribution in [0.15, 0.2) is 30.3 Å². The fraction of sp³-hybridized carbons (Fsp3) is 0.429. The third-order valence-electron chi connectivity index (χ3n) is 3.26. The molecular formula is C14H14F3NO3. The van der Waals surface area contributed by atoms with Crippen LogP contribution in [0.2, 0.25) is 0 Å². The minimum absolute atomic E-state index is 0.0134. The van der Waals surface area contributed by atoms with Gasteiger partial charge in [-0.05, 0) is 18.9 Å². The molecule has 114 valence electrons. The number of alkyl halides is 3. The number of benzene rings is 1. The molecule has 1 aromatic rings. The molecule has 0 aliphatic carbocycles. The second-order valence-corrected chi connectivity index (χ2v) is 5.10. The van der Waals surface area contributed by atoms with E-state index in [9.17, 15) is 22.8 Å². The second kappa shape index (κ2) is 5.48.